The highest BCUT2D eigenvalue weighted by Crippen LogP contribution is 2.24. The maximum absolute atomic E-state index is 5.93. The topological polar surface area (TPSA) is 40.2 Å². The van der Waals surface area contributed by atoms with E-state index in [4.69, 9.17) is 10.5 Å². The van der Waals surface area contributed by atoms with Crippen LogP contribution >= 0.6 is 0 Å². The van der Waals surface area contributed by atoms with E-state index in [1.807, 2.05) is 12.1 Å². The highest BCUT2D eigenvalue weighted by Gasteiger charge is 2.09. The third-order valence-electron chi connectivity index (χ3n) is 4.02. The van der Waals surface area contributed by atoms with Crippen molar-refractivity contribution < 1.29 is 4.74 Å². The molecule has 3 aromatic rings. The molecule has 1 aromatic heterocycles. The van der Waals surface area contributed by atoms with Gasteiger partial charge in [-0.2, -0.15) is 0 Å². The van der Waals surface area contributed by atoms with Gasteiger partial charge in [0.15, 0.2) is 0 Å². The Morgan fingerprint density at radius 2 is 1.86 bits per heavy atom. The first-order chi connectivity index (χ1) is 10.7. The van der Waals surface area contributed by atoms with Crippen LogP contribution in [0.15, 0.2) is 48.7 Å². The van der Waals surface area contributed by atoms with E-state index in [1.165, 1.54) is 22.0 Å². The predicted molar refractivity (Wildman–Crippen MR) is 91.0 cm³/mol. The van der Waals surface area contributed by atoms with Crippen molar-refractivity contribution in [1.82, 2.24) is 4.57 Å². The van der Waals surface area contributed by atoms with Gasteiger partial charge in [0, 0.05) is 35.8 Å². The number of hydrogen-bond acceptors (Lipinski definition) is 2. The van der Waals surface area contributed by atoms with Crippen LogP contribution in [-0.4, -0.2) is 4.57 Å². The van der Waals surface area contributed by atoms with Gasteiger partial charge in [-0.15, -0.1) is 0 Å². The number of ether oxygens (including phenoxy) is 1. The number of aromatic nitrogens is 1. The lowest BCUT2D eigenvalue weighted by atomic mass is 10.1. The molecule has 1 heterocycles. The lowest BCUT2D eigenvalue weighted by Gasteiger charge is -2.06. The van der Waals surface area contributed by atoms with Gasteiger partial charge in [0.1, 0.15) is 12.4 Å². The fourth-order valence-corrected chi connectivity index (χ4v) is 2.71. The molecule has 0 aliphatic carbocycles. The Kier molecular flexibility index (Phi) is 4.16. The van der Waals surface area contributed by atoms with Gasteiger partial charge in [-0.25, -0.2) is 0 Å². The molecular formula is C19H22N2O. The summed E-state index contributed by atoms with van der Waals surface area (Å²) >= 11 is 0. The molecule has 0 atom stereocenters. The summed E-state index contributed by atoms with van der Waals surface area (Å²) in [6.45, 7) is 6.32. The van der Waals surface area contributed by atoms with E-state index in [-0.39, 0.29) is 0 Å². The molecule has 3 rings (SSSR count). The monoisotopic (exact) mass is 294 g/mol. The minimum Gasteiger partial charge on any atom is -0.489 e. The minimum absolute atomic E-state index is 0.569. The average molecular weight is 294 g/mol. The van der Waals surface area contributed by atoms with Crippen LogP contribution in [0.25, 0.3) is 10.9 Å². The number of nitrogens with zero attached hydrogens (tertiary/aromatic N) is 1. The largest absolute Gasteiger partial charge is 0.489 e. The van der Waals surface area contributed by atoms with Gasteiger partial charge >= 0.3 is 0 Å². The van der Waals surface area contributed by atoms with E-state index < -0.39 is 0 Å². The van der Waals surface area contributed by atoms with Crippen LogP contribution in [0, 0.1) is 6.92 Å². The second-order valence-corrected chi connectivity index (χ2v) is 5.60. The predicted octanol–water partition coefficient (Wildman–Crippen LogP) is 4.01. The Bertz CT molecular complexity index is 772. The third-order valence-corrected chi connectivity index (χ3v) is 4.02. The summed E-state index contributed by atoms with van der Waals surface area (Å²) < 4.78 is 8.18. The van der Waals surface area contributed by atoms with Crippen molar-refractivity contribution in [2.24, 2.45) is 5.73 Å². The molecule has 2 N–H and O–H groups in total. The van der Waals surface area contributed by atoms with Gasteiger partial charge < -0.3 is 15.0 Å². The van der Waals surface area contributed by atoms with Crippen LogP contribution in [0.5, 0.6) is 5.75 Å². The number of fused-ring (bicyclic) bond motifs is 1. The van der Waals surface area contributed by atoms with Crippen LogP contribution in [0.3, 0.4) is 0 Å². The summed E-state index contributed by atoms with van der Waals surface area (Å²) in [5.74, 6) is 0.904. The zero-order chi connectivity index (χ0) is 15.5. The Labute approximate surface area is 131 Å². The molecule has 114 valence electrons. The zero-order valence-corrected chi connectivity index (χ0v) is 13.2. The molecule has 0 aliphatic heterocycles. The van der Waals surface area contributed by atoms with Gasteiger partial charge in [0.2, 0.25) is 0 Å². The van der Waals surface area contributed by atoms with Crippen LogP contribution in [0.1, 0.15) is 23.6 Å². The molecule has 0 saturated heterocycles. The molecule has 0 radical (unpaired) electrons. The molecule has 3 nitrogen and oxygen atoms in total. The van der Waals surface area contributed by atoms with Gasteiger partial charge in [-0.1, -0.05) is 29.8 Å². The normalized spacial score (nSPS) is 11.0. The number of hydrogen-bond donors (Lipinski definition) is 1. The Hall–Kier alpha value is -2.26. The summed E-state index contributed by atoms with van der Waals surface area (Å²) in [6.07, 6.45) is 2.18. The lowest BCUT2D eigenvalue weighted by molar-refractivity contribution is 0.307. The number of aryl methyl sites for hydroxylation is 2. The number of nitrogens with two attached hydrogens (primary N) is 1. The minimum atomic E-state index is 0.569. The van der Waals surface area contributed by atoms with Crippen molar-refractivity contribution >= 4 is 10.9 Å². The zero-order valence-electron chi connectivity index (χ0n) is 13.2. The molecular weight excluding hydrogens is 272 g/mol. The molecule has 0 bridgehead atoms. The van der Waals surface area contributed by atoms with E-state index in [1.54, 1.807) is 0 Å². The summed E-state index contributed by atoms with van der Waals surface area (Å²) in [7, 11) is 0. The van der Waals surface area contributed by atoms with E-state index in [9.17, 15) is 0 Å². The lowest BCUT2D eigenvalue weighted by Crippen LogP contribution is -1.97. The second-order valence-electron chi connectivity index (χ2n) is 5.60. The SMILES string of the molecule is CCn1cc(COc2ccc(C)cc2)c2ccc(CN)cc21. The molecule has 3 heteroatoms. The van der Waals surface area contributed by atoms with Crippen LogP contribution in [-0.2, 0) is 19.7 Å². The highest BCUT2D eigenvalue weighted by atomic mass is 16.5. The molecule has 0 unspecified atom stereocenters. The number of benzene rings is 2. The Morgan fingerprint density at radius 3 is 2.55 bits per heavy atom. The van der Waals surface area contributed by atoms with Crippen LogP contribution < -0.4 is 10.5 Å². The molecule has 22 heavy (non-hydrogen) atoms. The highest BCUT2D eigenvalue weighted by molar-refractivity contribution is 5.84. The standard InChI is InChI=1S/C19H22N2O/c1-3-21-12-16(13-22-17-7-4-14(2)5-8-17)18-9-6-15(11-20)10-19(18)21/h4-10,12H,3,11,13,20H2,1-2H3. The van der Waals surface area contributed by atoms with Gasteiger partial charge in [-0.3, -0.25) is 0 Å². The van der Waals surface area contributed by atoms with E-state index in [0.717, 1.165) is 17.9 Å². The molecule has 0 amide bonds. The molecule has 0 spiro atoms. The van der Waals surface area contributed by atoms with E-state index >= 15 is 0 Å². The fourth-order valence-electron chi connectivity index (χ4n) is 2.71. The summed E-state index contributed by atoms with van der Waals surface area (Å²) in [5, 5.41) is 1.24. The first kappa shape index (κ1) is 14.7. The maximum Gasteiger partial charge on any atom is 0.119 e. The van der Waals surface area contributed by atoms with Gasteiger partial charge in [-0.05, 0) is 37.6 Å². The second kappa shape index (κ2) is 6.24. The van der Waals surface area contributed by atoms with Crippen molar-refractivity contribution in [2.75, 3.05) is 0 Å². The third kappa shape index (κ3) is 2.85. The van der Waals surface area contributed by atoms with Crippen LogP contribution in [0.4, 0.5) is 0 Å². The smallest absolute Gasteiger partial charge is 0.119 e. The van der Waals surface area contributed by atoms with E-state index in [0.29, 0.717) is 13.2 Å². The van der Waals surface area contributed by atoms with Crippen molar-refractivity contribution in [3.8, 4) is 5.75 Å². The van der Waals surface area contributed by atoms with Gasteiger partial charge in [0.25, 0.3) is 0 Å². The van der Waals surface area contributed by atoms with Crippen molar-refractivity contribution in [3.63, 3.8) is 0 Å². The Morgan fingerprint density at radius 1 is 1.09 bits per heavy atom. The summed E-state index contributed by atoms with van der Waals surface area (Å²) in [5.41, 5.74) is 10.6. The summed E-state index contributed by atoms with van der Waals surface area (Å²) in [6, 6.07) is 14.6. The average Bonchev–Trinajstić information content (AvgIpc) is 2.91. The van der Waals surface area contributed by atoms with Crippen LogP contribution in [0.2, 0.25) is 0 Å². The molecule has 0 saturated carbocycles. The first-order valence-electron chi connectivity index (χ1n) is 7.71. The van der Waals surface area contributed by atoms with Gasteiger partial charge in [0.05, 0.1) is 0 Å². The van der Waals surface area contributed by atoms with Crippen molar-refractivity contribution in [3.05, 3.63) is 65.4 Å². The maximum atomic E-state index is 5.93. The van der Waals surface area contributed by atoms with E-state index in [2.05, 4.69) is 54.9 Å². The molecule has 0 aliphatic rings. The molecule has 0 fully saturated rings. The fraction of sp³-hybridized carbons (Fsp3) is 0.263. The molecule has 2 aromatic carbocycles. The quantitative estimate of drug-likeness (QED) is 0.772. The summed E-state index contributed by atoms with van der Waals surface area (Å²) in [4.78, 5) is 0. The Balaban J connectivity index is 1.88. The number of rotatable bonds is 5. The van der Waals surface area contributed by atoms with Crippen molar-refractivity contribution in [2.45, 2.75) is 33.5 Å². The first-order valence-corrected chi connectivity index (χ1v) is 7.71. The van der Waals surface area contributed by atoms with Crippen molar-refractivity contribution in [1.29, 1.82) is 0 Å².